The van der Waals surface area contributed by atoms with Crippen molar-refractivity contribution >= 4 is 29.3 Å². The van der Waals surface area contributed by atoms with Gasteiger partial charge in [0.2, 0.25) is 0 Å². The second-order valence-corrected chi connectivity index (χ2v) is 7.21. The first-order valence-corrected chi connectivity index (χ1v) is 9.88. The maximum atomic E-state index is 12.5. The number of nitrogens with one attached hydrogen (secondary N) is 1. The van der Waals surface area contributed by atoms with Gasteiger partial charge < -0.3 is 19.5 Å². The lowest BCUT2D eigenvalue weighted by Gasteiger charge is -2.17. The number of rotatable bonds is 10. The molecule has 0 aliphatic carbocycles. The molecule has 2 rings (SSSR count). The largest absolute Gasteiger partial charge is 0.493 e. The van der Waals surface area contributed by atoms with Gasteiger partial charge in [-0.05, 0) is 35.9 Å². The number of carbonyl (C=O) groups excluding carboxylic acids is 1. The first-order chi connectivity index (χ1) is 13.6. The van der Waals surface area contributed by atoms with Crippen LogP contribution < -0.4 is 14.8 Å². The molecule has 2 aromatic carbocycles. The van der Waals surface area contributed by atoms with Gasteiger partial charge in [-0.3, -0.25) is 4.79 Å². The summed E-state index contributed by atoms with van der Waals surface area (Å²) in [5, 5.41) is 3.47. The van der Waals surface area contributed by atoms with Crippen LogP contribution in [0.4, 0.5) is 0 Å². The molecule has 28 heavy (non-hydrogen) atoms. The van der Waals surface area contributed by atoms with Crippen LogP contribution >= 0.6 is 23.4 Å². The van der Waals surface area contributed by atoms with E-state index in [4.69, 9.17) is 32.2 Å². The van der Waals surface area contributed by atoms with Gasteiger partial charge in [0.25, 0.3) is 5.91 Å². The Morgan fingerprint density at radius 2 is 1.89 bits per heavy atom. The van der Waals surface area contributed by atoms with Crippen LogP contribution in [0.2, 0.25) is 5.02 Å². The number of benzene rings is 2. The van der Waals surface area contributed by atoms with Crippen molar-refractivity contribution in [3.05, 3.63) is 53.1 Å². The number of amides is 1. The van der Waals surface area contributed by atoms with E-state index in [0.717, 1.165) is 4.90 Å². The van der Waals surface area contributed by atoms with Crippen molar-refractivity contribution < 1.29 is 19.0 Å². The monoisotopic (exact) mass is 419 g/mol. The molecule has 0 spiro atoms. The number of terminal acetylenes is 1. The Kier molecular flexibility index (Phi) is 9.02. The summed E-state index contributed by atoms with van der Waals surface area (Å²) in [5.74, 6) is 4.17. The van der Waals surface area contributed by atoms with Gasteiger partial charge in [0.15, 0.2) is 17.6 Å². The van der Waals surface area contributed by atoms with Gasteiger partial charge in [-0.2, -0.15) is 0 Å². The van der Waals surface area contributed by atoms with Crippen LogP contribution in [0.25, 0.3) is 0 Å². The molecule has 148 valence electrons. The lowest BCUT2D eigenvalue weighted by molar-refractivity contribution is -0.132. The van der Waals surface area contributed by atoms with Crippen molar-refractivity contribution in [2.45, 2.75) is 11.0 Å². The molecule has 0 bridgehead atoms. The first-order valence-electron chi connectivity index (χ1n) is 8.52. The summed E-state index contributed by atoms with van der Waals surface area (Å²) in [6.45, 7) is 0.516. The Morgan fingerprint density at radius 3 is 2.54 bits per heavy atom. The predicted molar refractivity (Wildman–Crippen MR) is 112 cm³/mol. The molecule has 7 heteroatoms. The van der Waals surface area contributed by atoms with Crippen molar-refractivity contribution in [2.75, 3.05) is 33.1 Å². The van der Waals surface area contributed by atoms with Crippen LogP contribution in [0, 0.1) is 12.3 Å². The molecular weight excluding hydrogens is 398 g/mol. The highest BCUT2D eigenvalue weighted by molar-refractivity contribution is 7.99. The van der Waals surface area contributed by atoms with Crippen LogP contribution in [0.5, 0.6) is 11.5 Å². The molecule has 2 aromatic rings. The lowest BCUT2D eigenvalue weighted by Crippen LogP contribution is -2.32. The zero-order valence-electron chi connectivity index (χ0n) is 15.7. The first kappa shape index (κ1) is 22.0. The van der Waals surface area contributed by atoms with Crippen molar-refractivity contribution in [3.63, 3.8) is 0 Å². The second kappa shape index (κ2) is 11.5. The van der Waals surface area contributed by atoms with E-state index < -0.39 is 6.10 Å². The highest BCUT2D eigenvalue weighted by Gasteiger charge is 2.20. The highest BCUT2D eigenvalue weighted by atomic mass is 35.5. The zero-order chi connectivity index (χ0) is 20.4. The van der Waals surface area contributed by atoms with Crippen molar-refractivity contribution in [1.82, 2.24) is 5.32 Å². The topological polar surface area (TPSA) is 56.8 Å². The maximum absolute atomic E-state index is 12.5. The zero-order valence-corrected chi connectivity index (χ0v) is 17.3. The van der Waals surface area contributed by atoms with Gasteiger partial charge in [-0.1, -0.05) is 29.7 Å². The summed E-state index contributed by atoms with van der Waals surface area (Å²) >= 11 is 7.51. The van der Waals surface area contributed by atoms with E-state index in [9.17, 15) is 4.79 Å². The van der Waals surface area contributed by atoms with Crippen molar-refractivity contribution in [3.8, 4) is 23.8 Å². The molecule has 0 heterocycles. The third-order valence-corrected chi connectivity index (χ3v) is 5.02. The molecule has 0 aromatic heterocycles. The Hall–Kier alpha value is -2.33. The molecule has 5 nitrogen and oxygen atoms in total. The SMILES string of the molecule is C#CCOC(C(=O)NCCSc1ccc(OC)c(OC)c1)c1ccc(Cl)cc1. The predicted octanol–water partition coefficient (Wildman–Crippen LogP) is 3.96. The van der Waals surface area contributed by atoms with E-state index in [2.05, 4.69) is 11.2 Å². The fourth-order valence-corrected chi connectivity index (χ4v) is 3.35. The molecule has 1 unspecified atom stereocenters. The van der Waals surface area contributed by atoms with Crippen molar-refractivity contribution in [1.29, 1.82) is 0 Å². The standard InChI is InChI=1S/C21H22ClNO4S/c1-4-12-27-20(15-5-7-16(22)8-6-15)21(24)23-11-13-28-17-9-10-18(25-2)19(14-17)26-3/h1,5-10,14,20H,11-13H2,2-3H3,(H,23,24). The number of thioether (sulfide) groups is 1. The Balaban J connectivity index is 1.90. The minimum atomic E-state index is -0.778. The summed E-state index contributed by atoms with van der Waals surface area (Å²) in [6.07, 6.45) is 4.48. The molecule has 0 saturated carbocycles. The fourth-order valence-electron chi connectivity index (χ4n) is 2.43. The third kappa shape index (κ3) is 6.38. The molecule has 1 N–H and O–H groups in total. The third-order valence-electron chi connectivity index (χ3n) is 3.77. The summed E-state index contributed by atoms with van der Waals surface area (Å²) in [4.78, 5) is 13.6. The van der Waals surface area contributed by atoms with E-state index in [0.29, 0.717) is 34.4 Å². The minimum absolute atomic E-state index is 0.0428. The van der Waals surface area contributed by atoms with Crippen LogP contribution in [-0.4, -0.2) is 39.0 Å². The number of ether oxygens (including phenoxy) is 3. The van der Waals surface area contributed by atoms with Crippen LogP contribution in [0.1, 0.15) is 11.7 Å². The molecule has 0 fully saturated rings. The minimum Gasteiger partial charge on any atom is -0.493 e. The van der Waals surface area contributed by atoms with Crippen LogP contribution in [0.15, 0.2) is 47.4 Å². The van der Waals surface area contributed by atoms with E-state index in [1.807, 2.05) is 18.2 Å². The Bertz CT molecular complexity index is 820. The smallest absolute Gasteiger partial charge is 0.253 e. The van der Waals surface area contributed by atoms with Crippen molar-refractivity contribution in [2.24, 2.45) is 0 Å². The van der Waals surface area contributed by atoms with Gasteiger partial charge in [0.1, 0.15) is 6.61 Å². The average Bonchev–Trinajstić information content (AvgIpc) is 2.72. The lowest BCUT2D eigenvalue weighted by atomic mass is 10.1. The number of halogens is 1. The Morgan fingerprint density at radius 1 is 1.18 bits per heavy atom. The summed E-state index contributed by atoms with van der Waals surface area (Å²) in [7, 11) is 3.19. The van der Waals surface area contributed by atoms with E-state index in [-0.39, 0.29) is 12.5 Å². The number of methoxy groups -OCH3 is 2. The molecule has 0 saturated heterocycles. The van der Waals surface area contributed by atoms with E-state index in [1.54, 1.807) is 50.2 Å². The van der Waals surface area contributed by atoms with Gasteiger partial charge >= 0.3 is 0 Å². The second-order valence-electron chi connectivity index (χ2n) is 5.60. The summed E-state index contributed by atoms with van der Waals surface area (Å²) in [6, 6.07) is 12.6. The summed E-state index contributed by atoms with van der Waals surface area (Å²) < 4.78 is 16.0. The molecule has 1 atom stereocenters. The van der Waals surface area contributed by atoms with E-state index in [1.165, 1.54) is 0 Å². The van der Waals surface area contributed by atoms with Gasteiger partial charge in [-0.15, -0.1) is 18.2 Å². The quantitative estimate of drug-likeness (QED) is 0.359. The molecular formula is C21H22ClNO4S. The molecule has 0 aliphatic rings. The summed E-state index contributed by atoms with van der Waals surface area (Å²) in [5.41, 5.74) is 0.699. The average molecular weight is 420 g/mol. The maximum Gasteiger partial charge on any atom is 0.253 e. The number of hydrogen-bond acceptors (Lipinski definition) is 5. The normalized spacial score (nSPS) is 11.4. The molecule has 1 amide bonds. The number of hydrogen-bond donors (Lipinski definition) is 1. The van der Waals surface area contributed by atoms with Gasteiger partial charge in [0.05, 0.1) is 14.2 Å². The Labute approximate surface area is 174 Å². The van der Waals surface area contributed by atoms with Crippen LogP contribution in [-0.2, 0) is 9.53 Å². The van der Waals surface area contributed by atoms with E-state index >= 15 is 0 Å². The van der Waals surface area contributed by atoms with Crippen LogP contribution in [0.3, 0.4) is 0 Å². The van der Waals surface area contributed by atoms with Gasteiger partial charge in [0, 0.05) is 22.2 Å². The van der Waals surface area contributed by atoms with Gasteiger partial charge in [-0.25, -0.2) is 0 Å². The number of carbonyl (C=O) groups is 1. The fraction of sp³-hybridized carbons (Fsp3) is 0.286. The highest BCUT2D eigenvalue weighted by Crippen LogP contribution is 2.31. The molecule has 0 radical (unpaired) electrons. The molecule has 0 aliphatic heterocycles.